The lowest BCUT2D eigenvalue weighted by atomic mass is 10.1. The molecule has 2 fully saturated rings. The van der Waals surface area contributed by atoms with Crippen LogP contribution in [-0.4, -0.2) is 39.1 Å². The second-order valence-electron chi connectivity index (χ2n) is 5.61. The Morgan fingerprint density at radius 3 is 2.55 bits per heavy atom. The topological polar surface area (TPSA) is 49.4 Å². The Kier molecular flexibility index (Phi) is 3.69. The number of nitrogens with one attached hydrogen (secondary N) is 1. The summed E-state index contributed by atoms with van der Waals surface area (Å²) in [5.41, 5.74) is 1.70. The van der Waals surface area contributed by atoms with Crippen molar-refractivity contribution >= 4 is 15.5 Å². The van der Waals surface area contributed by atoms with E-state index in [9.17, 15) is 12.8 Å². The van der Waals surface area contributed by atoms with E-state index in [1.54, 1.807) is 6.07 Å². The number of sulfone groups is 1. The number of nitrogens with zero attached hydrogens (tertiary/aromatic N) is 1. The van der Waals surface area contributed by atoms with Crippen LogP contribution in [0.15, 0.2) is 18.2 Å². The van der Waals surface area contributed by atoms with Crippen molar-refractivity contribution in [1.29, 1.82) is 0 Å². The fourth-order valence-corrected chi connectivity index (χ4v) is 3.64. The molecule has 0 radical (unpaired) electrons. The molecule has 1 aromatic carbocycles. The molecule has 1 saturated heterocycles. The van der Waals surface area contributed by atoms with Gasteiger partial charge in [-0.05, 0) is 36.6 Å². The lowest BCUT2D eigenvalue weighted by Gasteiger charge is -2.29. The first-order valence-corrected chi connectivity index (χ1v) is 8.82. The monoisotopic (exact) mass is 298 g/mol. The van der Waals surface area contributed by atoms with Gasteiger partial charge in [-0.3, -0.25) is 0 Å². The van der Waals surface area contributed by atoms with Gasteiger partial charge in [-0.15, -0.1) is 0 Å². The molecule has 0 bridgehead atoms. The number of benzene rings is 1. The van der Waals surface area contributed by atoms with E-state index >= 15 is 0 Å². The molecule has 1 N–H and O–H groups in total. The number of anilines is 1. The summed E-state index contributed by atoms with van der Waals surface area (Å²) in [4.78, 5) is 1.95. The van der Waals surface area contributed by atoms with Gasteiger partial charge in [0.15, 0.2) is 9.84 Å². The van der Waals surface area contributed by atoms with Gasteiger partial charge in [-0.25, -0.2) is 12.8 Å². The summed E-state index contributed by atoms with van der Waals surface area (Å²) < 4.78 is 36.6. The molecule has 110 valence electrons. The molecule has 20 heavy (non-hydrogen) atoms. The van der Waals surface area contributed by atoms with Gasteiger partial charge in [0.2, 0.25) is 0 Å². The first-order chi connectivity index (χ1) is 9.52. The summed E-state index contributed by atoms with van der Waals surface area (Å²) in [6.07, 6.45) is 2.40. The summed E-state index contributed by atoms with van der Waals surface area (Å²) in [7, 11) is -2.90. The van der Waals surface area contributed by atoms with Crippen molar-refractivity contribution in [3.63, 3.8) is 0 Å². The molecule has 3 rings (SSSR count). The van der Waals surface area contributed by atoms with Crippen LogP contribution in [0.4, 0.5) is 10.1 Å². The van der Waals surface area contributed by atoms with Gasteiger partial charge in [-0.2, -0.15) is 0 Å². The van der Waals surface area contributed by atoms with E-state index in [1.165, 1.54) is 18.9 Å². The van der Waals surface area contributed by atoms with Crippen LogP contribution in [0.2, 0.25) is 0 Å². The minimum Gasteiger partial charge on any atom is -0.369 e. The molecule has 0 amide bonds. The Bertz CT molecular complexity index is 585. The zero-order valence-corrected chi connectivity index (χ0v) is 12.1. The van der Waals surface area contributed by atoms with Crippen LogP contribution in [0, 0.1) is 5.82 Å². The molecule has 0 aromatic heterocycles. The molecule has 1 aliphatic heterocycles. The van der Waals surface area contributed by atoms with Crippen LogP contribution in [0.5, 0.6) is 0 Å². The highest BCUT2D eigenvalue weighted by Gasteiger charge is 2.23. The van der Waals surface area contributed by atoms with Gasteiger partial charge in [0, 0.05) is 31.4 Å². The molecule has 0 spiro atoms. The van der Waals surface area contributed by atoms with Crippen LogP contribution in [0.1, 0.15) is 18.4 Å². The van der Waals surface area contributed by atoms with Crippen LogP contribution in [0.25, 0.3) is 0 Å². The summed E-state index contributed by atoms with van der Waals surface area (Å²) in [5.74, 6) is 0.0433. The summed E-state index contributed by atoms with van der Waals surface area (Å²) >= 11 is 0. The lowest BCUT2D eigenvalue weighted by Crippen LogP contribution is -2.40. The Labute approximate surface area is 118 Å². The number of halogens is 1. The first kappa shape index (κ1) is 13.8. The average Bonchev–Trinajstić information content (AvgIpc) is 3.19. The SMILES string of the molecule is O=S1(=O)CCN(c2cc(F)cc(CNC3CC3)c2)CC1. The normalized spacial score (nSPS) is 21.9. The fraction of sp³-hybridized carbons (Fsp3) is 0.571. The summed E-state index contributed by atoms with van der Waals surface area (Å²) in [6, 6.07) is 5.57. The van der Waals surface area contributed by atoms with Crippen LogP contribution in [0.3, 0.4) is 0 Å². The maximum atomic E-state index is 13.7. The molecule has 0 unspecified atom stereocenters. The smallest absolute Gasteiger partial charge is 0.153 e. The molecule has 0 atom stereocenters. The molecule has 1 aromatic rings. The van der Waals surface area contributed by atoms with Crippen molar-refractivity contribution in [3.05, 3.63) is 29.6 Å². The van der Waals surface area contributed by atoms with Crippen LogP contribution >= 0.6 is 0 Å². The van der Waals surface area contributed by atoms with Gasteiger partial charge in [-0.1, -0.05) is 0 Å². The second-order valence-corrected chi connectivity index (χ2v) is 7.92. The lowest BCUT2D eigenvalue weighted by molar-refractivity contribution is 0.586. The van der Waals surface area contributed by atoms with Crippen molar-refractivity contribution in [2.75, 3.05) is 29.5 Å². The van der Waals surface area contributed by atoms with Gasteiger partial charge in [0.1, 0.15) is 5.82 Å². The zero-order valence-electron chi connectivity index (χ0n) is 11.3. The highest BCUT2D eigenvalue weighted by atomic mass is 32.2. The third-order valence-electron chi connectivity index (χ3n) is 3.82. The van der Waals surface area contributed by atoms with Crippen LogP contribution < -0.4 is 10.2 Å². The highest BCUT2D eigenvalue weighted by molar-refractivity contribution is 7.91. The van der Waals surface area contributed by atoms with E-state index in [-0.39, 0.29) is 17.3 Å². The maximum absolute atomic E-state index is 13.7. The van der Waals surface area contributed by atoms with Crippen molar-refractivity contribution < 1.29 is 12.8 Å². The van der Waals surface area contributed by atoms with Crippen molar-refractivity contribution in [3.8, 4) is 0 Å². The Hall–Kier alpha value is -1.14. The highest BCUT2D eigenvalue weighted by Crippen LogP contribution is 2.23. The molecule has 1 saturated carbocycles. The molecular formula is C14H19FN2O2S. The quantitative estimate of drug-likeness (QED) is 0.910. The average molecular weight is 298 g/mol. The molecule has 6 heteroatoms. The number of rotatable bonds is 4. The third kappa shape index (κ3) is 3.49. The standard InChI is InChI=1S/C14H19FN2O2S/c15-12-7-11(10-16-13-1-2-13)8-14(9-12)17-3-5-20(18,19)6-4-17/h7-9,13,16H,1-6,10H2. The zero-order chi connectivity index (χ0) is 14.2. The predicted molar refractivity (Wildman–Crippen MR) is 77.1 cm³/mol. The molecule has 2 aliphatic rings. The van der Waals surface area contributed by atoms with Gasteiger partial charge in [0.25, 0.3) is 0 Å². The van der Waals surface area contributed by atoms with Crippen molar-refractivity contribution in [1.82, 2.24) is 5.32 Å². The Morgan fingerprint density at radius 2 is 1.90 bits per heavy atom. The summed E-state index contributed by atoms with van der Waals surface area (Å²) in [6.45, 7) is 1.56. The molecular weight excluding hydrogens is 279 g/mol. The van der Waals surface area contributed by atoms with E-state index in [4.69, 9.17) is 0 Å². The van der Waals surface area contributed by atoms with E-state index in [0.29, 0.717) is 25.7 Å². The van der Waals surface area contributed by atoms with E-state index in [0.717, 1.165) is 11.3 Å². The van der Waals surface area contributed by atoms with E-state index in [1.807, 2.05) is 11.0 Å². The van der Waals surface area contributed by atoms with E-state index < -0.39 is 9.84 Å². The van der Waals surface area contributed by atoms with Crippen LogP contribution in [-0.2, 0) is 16.4 Å². The molecule has 1 aliphatic carbocycles. The first-order valence-electron chi connectivity index (χ1n) is 7.00. The van der Waals surface area contributed by atoms with Crippen molar-refractivity contribution in [2.24, 2.45) is 0 Å². The predicted octanol–water partition coefficient (Wildman–Crippen LogP) is 1.31. The minimum absolute atomic E-state index is 0.152. The molecule has 1 heterocycles. The molecule has 4 nitrogen and oxygen atoms in total. The van der Waals surface area contributed by atoms with Crippen molar-refractivity contribution in [2.45, 2.75) is 25.4 Å². The number of hydrogen-bond donors (Lipinski definition) is 1. The summed E-state index contributed by atoms with van der Waals surface area (Å²) in [5, 5.41) is 3.36. The number of hydrogen-bond acceptors (Lipinski definition) is 4. The Morgan fingerprint density at radius 1 is 1.20 bits per heavy atom. The Balaban J connectivity index is 1.71. The fourth-order valence-electron chi connectivity index (χ4n) is 2.44. The minimum atomic E-state index is -2.90. The van der Waals surface area contributed by atoms with Gasteiger partial charge in [0.05, 0.1) is 11.5 Å². The second kappa shape index (κ2) is 5.33. The van der Waals surface area contributed by atoms with E-state index in [2.05, 4.69) is 5.32 Å². The third-order valence-corrected chi connectivity index (χ3v) is 5.43. The van der Waals surface area contributed by atoms with Gasteiger partial charge >= 0.3 is 0 Å². The largest absolute Gasteiger partial charge is 0.369 e. The maximum Gasteiger partial charge on any atom is 0.153 e. The van der Waals surface area contributed by atoms with Gasteiger partial charge < -0.3 is 10.2 Å².